The third-order valence-corrected chi connectivity index (χ3v) is 21.4. The second-order valence-electron chi connectivity index (χ2n) is 8.54. The first-order valence-electron chi connectivity index (χ1n) is 9.28. The van der Waals surface area contributed by atoms with Gasteiger partial charge < -0.3 is 3.21 Å². The quantitative estimate of drug-likeness (QED) is 0.488. The van der Waals surface area contributed by atoms with E-state index in [9.17, 15) is 0 Å². The summed E-state index contributed by atoms with van der Waals surface area (Å²) in [6, 6.07) is 0. The van der Waals surface area contributed by atoms with Gasteiger partial charge in [-0.15, -0.1) is 8.87 Å². The number of allylic oxidation sites excluding steroid dienone is 4. The summed E-state index contributed by atoms with van der Waals surface area (Å²) in [6.07, 6.45) is 5.03. The summed E-state index contributed by atoms with van der Waals surface area (Å²) in [7, 11) is -2.60. The van der Waals surface area contributed by atoms with Gasteiger partial charge in [0.15, 0.2) is 0 Å². The van der Waals surface area contributed by atoms with E-state index in [4.69, 9.17) is 0 Å². The lowest BCUT2D eigenvalue weighted by Crippen LogP contribution is -2.66. The predicted octanol–water partition coefficient (Wildman–Crippen LogP) is 6.27. The minimum atomic E-state index is -1.30. The normalized spacial score (nSPS) is 17.3. The van der Waals surface area contributed by atoms with Gasteiger partial charge in [0.25, 0.3) is 0 Å². The molecule has 0 radical (unpaired) electrons. The van der Waals surface area contributed by atoms with Gasteiger partial charge in [-0.25, -0.2) is 0 Å². The molecule has 22 heavy (non-hydrogen) atoms. The van der Waals surface area contributed by atoms with E-state index in [1.807, 2.05) is 8.87 Å². The summed E-state index contributed by atoms with van der Waals surface area (Å²) < 4.78 is 6.96. The molecule has 1 rings (SSSR count). The van der Waals surface area contributed by atoms with Gasteiger partial charge in [-0.05, 0) is 25.7 Å². The van der Waals surface area contributed by atoms with Crippen molar-refractivity contribution in [1.29, 1.82) is 0 Å². The van der Waals surface area contributed by atoms with Crippen molar-refractivity contribution < 1.29 is 0 Å². The van der Waals surface area contributed by atoms with Gasteiger partial charge in [0.05, 0.1) is 16.5 Å². The summed E-state index contributed by atoms with van der Waals surface area (Å²) in [4.78, 5) is 0. The number of rotatable bonds is 7. The van der Waals surface area contributed by atoms with Crippen LogP contribution < -0.4 is 0 Å². The first kappa shape index (κ1) is 20.5. The van der Waals surface area contributed by atoms with Crippen molar-refractivity contribution in [3.8, 4) is 0 Å². The van der Waals surface area contributed by atoms with E-state index < -0.39 is 30.8 Å². The lowest BCUT2D eigenvalue weighted by atomic mass is 9.99. The highest BCUT2D eigenvalue weighted by Crippen LogP contribution is 2.42. The lowest BCUT2D eigenvalue weighted by Gasteiger charge is -2.48. The SMILES string of the molecule is CCC1=[C](CC)[Al]([N]([Si](C)(C)C)[Si](C)(C)C)[C](CC)=C1CC. The first-order chi connectivity index (χ1) is 10.0. The summed E-state index contributed by atoms with van der Waals surface area (Å²) >= 11 is -1.11. The Labute approximate surface area is 146 Å². The lowest BCUT2D eigenvalue weighted by molar-refractivity contribution is 0.912. The van der Waals surface area contributed by atoms with Crippen LogP contribution in [0.15, 0.2) is 20.0 Å². The molecule has 1 aliphatic rings. The Morgan fingerprint density at radius 2 is 0.955 bits per heavy atom. The molecule has 0 saturated carbocycles. The fourth-order valence-electron chi connectivity index (χ4n) is 4.71. The van der Waals surface area contributed by atoms with Gasteiger partial charge in [-0.2, -0.15) is 0 Å². The van der Waals surface area contributed by atoms with Crippen LogP contribution in [0.5, 0.6) is 0 Å². The van der Waals surface area contributed by atoms with E-state index in [2.05, 4.69) is 70.2 Å². The van der Waals surface area contributed by atoms with Crippen molar-refractivity contribution in [2.24, 2.45) is 0 Å². The molecule has 0 unspecified atom stereocenters. The van der Waals surface area contributed by atoms with Crippen molar-refractivity contribution in [3.63, 3.8) is 0 Å². The highest BCUT2D eigenvalue weighted by Gasteiger charge is 2.48. The van der Waals surface area contributed by atoms with Crippen molar-refractivity contribution in [2.75, 3.05) is 0 Å². The Morgan fingerprint density at radius 3 is 1.14 bits per heavy atom. The maximum Gasteiger partial charge on any atom is 0.432 e. The van der Waals surface area contributed by atoms with E-state index in [1.54, 1.807) is 11.1 Å². The second-order valence-corrected chi connectivity index (χ2v) is 22.4. The minimum Gasteiger partial charge on any atom is -0.424 e. The zero-order valence-electron chi connectivity index (χ0n) is 16.9. The average Bonchev–Trinajstić information content (AvgIpc) is 2.67. The molecular weight excluding hydrogens is 313 g/mol. The molecule has 1 heterocycles. The molecule has 4 heteroatoms. The molecular formula is C18H38AlNSi2. The van der Waals surface area contributed by atoms with Crippen molar-refractivity contribution in [3.05, 3.63) is 20.0 Å². The van der Waals surface area contributed by atoms with Crippen LogP contribution in [0.1, 0.15) is 53.4 Å². The topological polar surface area (TPSA) is 3.24 Å². The largest absolute Gasteiger partial charge is 0.432 e. The fraction of sp³-hybridized carbons (Fsp3) is 0.778. The van der Waals surface area contributed by atoms with Crippen LogP contribution in [0.4, 0.5) is 0 Å². The van der Waals surface area contributed by atoms with Gasteiger partial charge in [0.1, 0.15) is 0 Å². The Morgan fingerprint density at radius 1 is 0.636 bits per heavy atom. The third kappa shape index (κ3) is 3.90. The molecule has 1 aliphatic heterocycles. The van der Waals surface area contributed by atoms with E-state index in [0.29, 0.717) is 0 Å². The standard InChI is InChI=1S/C12H20.C6H18NSi2.Al/c1-5-9-11(7-3)12(8-4)10-6-2;1-8(2,3)7-9(4,5)6;/h5-8H2,1-4H3;1-6H3;/q;-1;+1. The highest BCUT2D eigenvalue weighted by molar-refractivity contribution is 7.02. The molecule has 1 nitrogen and oxygen atoms in total. The molecule has 0 N–H and O–H groups in total. The molecule has 0 aliphatic carbocycles. The van der Waals surface area contributed by atoms with Crippen molar-refractivity contribution >= 4 is 30.8 Å². The van der Waals surface area contributed by atoms with Crippen LogP contribution in [0, 0.1) is 0 Å². The van der Waals surface area contributed by atoms with E-state index in [0.717, 1.165) is 0 Å². The third-order valence-electron chi connectivity index (χ3n) is 4.97. The van der Waals surface area contributed by atoms with E-state index in [1.165, 1.54) is 25.7 Å². The van der Waals surface area contributed by atoms with Crippen LogP contribution in [-0.2, 0) is 0 Å². The average molecular weight is 352 g/mol. The predicted molar refractivity (Wildman–Crippen MR) is 110 cm³/mol. The molecule has 0 aromatic heterocycles. The summed E-state index contributed by atoms with van der Waals surface area (Å²) in [5.41, 5.74) is 3.53. The van der Waals surface area contributed by atoms with Gasteiger partial charge in [0, 0.05) is 0 Å². The summed E-state index contributed by atoms with van der Waals surface area (Å²) in [6.45, 7) is 25.0. The van der Waals surface area contributed by atoms with Gasteiger partial charge in [-0.3, -0.25) is 0 Å². The second kappa shape index (κ2) is 7.53. The first-order valence-corrected chi connectivity index (χ1v) is 17.8. The molecule has 0 bridgehead atoms. The molecule has 0 atom stereocenters. The maximum atomic E-state index is 3.18. The molecule has 0 aromatic carbocycles. The van der Waals surface area contributed by atoms with Crippen LogP contribution >= 0.6 is 0 Å². The fourth-order valence-corrected chi connectivity index (χ4v) is 24.1. The Hall–Kier alpha value is 0.406. The number of nitrogens with zero attached hydrogens (tertiary/aromatic N) is 1. The molecule has 126 valence electrons. The van der Waals surface area contributed by atoms with Crippen LogP contribution in [0.3, 0.4) is 0 Å². The smallest absolute Gasteiger partial charge is 0.424 e. The molecule has 0 saturated heterocycles. The van der Waals surface area contributed by atoms with Gasteiger partial charge >= 0.3 is 14.4 Å². The van der Waals surface area contributed by atoms with E-state index in [-0.39, 0.29) is 0 Å². The Balaban J connectivity index is 3.58. The van der Waals surface area contributed by atoms with Crippen LogP contribution in [0.25, 0.3) is 0 Å². The van der Waals surface area contributed by atoms with Crippen LogP contribution in [-0.4, -0.2) is 34.1 Å². The molecule has 0 aromatic rings. The van der Waals surface area contributed by atoms with Gasteiger partial charge in [-0.1, -0.05) is 78.1 Å². The molecule has 0 spiro atoms. The van der Waals surface area contributed by atoms with Crippen LogP contribution in [0.2, 0.25) is 39.3 Å². The van der Waals surface area contributed by atoms with Crippen molar-refractivity contribution in [2.45, 2.75) is 92.7 Å². The zero-order valence-corrected chi connectivity index (χ0v) is 20.0. The Bertz CT molecular complexity index is 424. The van der Waals surface area contributed by atoms with Gasteiger partial charge in [0.2, 0.25) is 0 Å². The summed E-state index contributed by atoms with van der Waals surface area (Å²) in [5.74, 6) is 0. The summed E-state index contributed by atoms with van der Waals surface area (Å²) in [5, 5.41) is 0. The maximum absolute atomic E-state index is 3.18. The Kier molecular flexibility index (Phi) is 7.00. The number of hydrogen-bond donors (Lipinski definition) is 0. The monoisotopic (exact) mass is 351 g/mol. The number of hydrogen-bond acceptors (Lipinski definition) is 1. The molecule has 0 fully saturated rings. The van der Waals surface area contributed by atoms with E-state index >= 15 is 0 Å². The highest BCUT2D eigenvalue weighted by atomic mass is 28.4. The van der Waals surface area contributed by atoms with Crippen molar-refractivity contribution in [1.82, 2.24) is 3.21 Å². The minimum absolute atomic E-state index is 1.11. The molecule has 0 amide bonds. The zero-order chi connectivity index (χ0) is 17.3.